The van der Waals surface area contributed by atoms with E-state index in [0.29, 0.717) is 5.92 Å². The first-order valence-corrected chi connectivity index (χ1v) is 10.3. The number of benzene rings is 1. The van der Waals surface area contributed by atoms with E-state index in [1.807, 2.05) is 37.6 Å². The zero-order valence-corrected chi connectivity index (χ0v) is 16.8. The summed E-state index contributed by atoms with van der Waals surface area (Å²) in [6.45, 7) is 6.23. The number of quaternary nitrogens is 1. The molecule has 3 heteroatoms. The number of nitrogens with two attached hydrogens (primary N) is 1. The van der Waals surface area contributed by atoms with Crippen LogP contribution in [0, 0.1) is 5.92 Å². The van der Waals surface area contributed by atoms with Crippen LogP contribution in [0.2, 0.25) is 0 Å². The third kappa shape index (κ3) is 4.56. The third-order valence-corrected chi connectivity index (χ3v) is 5.81. The molecular weight excluding hydrogens is 322 g/mol. The number of hydrogen-bond donors (Lipinski definition) is 1. The molecule has 2 unspecified atom stereocenters. The molecule has 1 aromatic carbocycles. The average Bonchev–Trinajstić information content (AvgIpc) is 2.90. The van der Waals surface area contributed by atoms with Gasteiger partial charge in [-0.3, -0.25) is 4.79 Å². The number of ether oxygens (including phenoxy) is 1. The minimum absolute atomic E-state index is 0.00144. The Morgan fingerprint density at radius 2 is 1.73 bits per heavy atom. The first kappa shape index (κ1) is 20.7. The summed E-state index contributed by atoms with van der Waals surface area (Å²) < 4.78 is 6.01. The van der Waals surface area contributed by atoms with Crippen molar-refractivity contribution in [3.63, 3.8) is 0 Å². The van der Waals surface area contributed by atoms with Gasteiger partial charge in [-0.15, -0.1) is 0 Å². The second-order valence-corrected chi connectivity index (χ2v) is 7.76. The number of carbonyl (C=O) groups excluding carboxylic acids is 1. The number of carbonyl (C=O) groups is 1. The Hall–Kier alpha value is -1.61. The van der Waals surface area contributed by atoms with Crippen LogP contribution in [0.1, 0.15) is 63.9 Å². The van der Waals surface area contributed by atoms with Crippen LogP contribution in [0.5, 0.6) is 0 Å². The van der Waals surface area contributed by atoms with Crippen LogP contribution in [0.25, 0.3) is 0 Å². The van der Waals surface area contributed by atoms with Crippen LogP contribution in [0.3, 0.4) is 0 Å². The summed E-state index contributed by atoms with van der Waals surface area (Å²) in [5, 5.41) is 2.00. The summed E-state index contributed by atoms with van der Waals surface area (Å²) in [5.74, 6) is 0.360. The fourth-order valence-electron chi connectivity index (χ4n) is 4.28. The molecule has 0 bridgehead atoms. The van der Waals surface area contributed by atoms with Gasteiger partial charge >= 0.3 is 5.97 Å². The van der Waals surface area contributed by atoms with Crippen LogP contribution in [-0.2, 0) is 14.9 Å². The molecule has 2 saturated carbocycles. The Kier molecular flexibility index (Phi) is 7.89. The average molecular weight is 359 g/mol. The van der Waals surface area contributed by atoms with Gasteiger partial charge in [0.1, 0.15) is 6.10 Å². The lowest BCUT2D eigenvalue weighted by molar-refractivity contribution is -0.597. The highest BCUT2D eigenvalue weighted by Gasteiger charge is 2.45. The predicted octanol–water partition coefficient (Wildman–Crippen LogP) is 3.99. The topological polar surface area (TPSA) is 42.9 Å². The zero-order chi connectivity index (χ0) is 19.0. The highest BCUT2D eigenvalue weighted by molar-refractivity contribution is 5.83. The van der Waals surface area contributed by atoms with Crippen molar-refractivity contribution in [3.05, 3.63) is 48.0 Å². The molecule has 2 aliphatic carbocycles. The molecule has 26 heavy (non-hydrogen) atoms. The monoisotopic (exact) mass is 358 g/mol. The Morgan fingerprint density at radius 1 is 1.15 bits per heavy atom. The lowest BCUT2D eigenvalue weighted by Crippen LogP contribution is -2.74. The Labute approximate surface area is 159 Å². The maximum atomic E-state index is 13.2. The van der Waals surface area contributed by atoms with Crippen molar-refractivity contribution in [2.24, 2.45) is 5.92 Å². The smallest absolute Gasteiger partial charge is 0.316 e. The van der Waals surface area contributed by atoms with Crippen molar-refractivity contribution in [1.29, 1.82) is 0 Å². The van der Waals surface area contributed by atoms with E-state index >= 15 is 0 Å². The Balaban J connectivity index is 0.000000758. The normalized spacial score (nSPS) is 24.5. The van der Waals surface area contributed by atoms with Crippen LogP contribution in [-0.4, -0.2) is 26.2 Å². The van der Waals surface area contributed by atoms with Gasteiger partial charge in [0, 0.05) is 12.3 Å². The summed E-state index contributed by atoms with van der Waals surface area (Å²) in [6, 6.07) is 10.3. The van der Waals surface area contributed by atoms with Crippen molar-refractivity contribution in [1.82, 2.24) is 0 Å². The summed E-state index contributed by atoms with van der Waals surface area (Å²) >= 11 is 0. The van der Waals surface area contributed by atoms with E-state index in [1.165, 1.54) is 18.4 Å². The highest BCUT2D eigenvalue weighted by Crippen LogP contribution is 2.43. The molecule has 144 valence electrons. The minimum atomic E-state index is -0.438. The summed E-state index contributed by atoms with van der Waals surface area (Å²) in [5.41, 5.74) is 1.94. The zero-order valence-electron chi connectivity index (χ0n) is 16.8. The van der Waals surface area contributed by atoms with Gasteiger partial charge in [0.25, 0.3) is 0 Å². The molecule has 0 saturated heterocycles. The number of esters is 1. The van der Waals surface area contributed by atoms with Crippen molar-refractivity contribution < 1.29 is 14.8 Å². The maximum Gasteiger partial charge on any atom is 0.316 e. The molecule has 2 fully saturated rings. The van der Waals surface area contributed by atoms with E-state index in [1.54, 1.807) is 0 Å². The molecule has 3 rings (SSSR count). The summed E-state index contributed by atoms with van der Waals surface area (Å²) in [6.07, 6.45) is 8.39. The molecule has 0 aromatic heterocycles. The third-order valence-electron chi connectivity index (χ3n) is 5.81. The van der Waals surface area contributed by atoms with Crippen LogP contribution in [0.15, 0.2) is 42.5 Å². The molecule has 2 N–H and O–H groups in total. The van der Waals surface area contributed by atoms with E-state index in [-0.39, 0.29) is 12.1 Å². The second-order valence-electron chi connectivity index (χ2n) is 7.76. The van der Waals surface area contributed by atoms with Gasteiger partial charge in [-0.05, 0) is 24.8 Å². The summed E-state index contributed by atoms with van der Waals surface area (Å²) in [7, 11) is 4.00. The molecular formula is C23H36NO2+. The molecule has 2 aliphatic rings. The van der Waals surface area contributed by atoms with Crippen molar-refractivity contribution in [3.8, 4) is 0 Å². The molecule has 0 radical (unpaired) electrons. The van der Waals surface area contributed by atoms with Crippen LogP contribution < -0.4 is 5.32 Å². The lowest BCUT2D eigenvalue weighted by atomic mass is 9.73. The van der Waals surface area contributed by atoms with Crippen molar-refractivity contribution in [2.75, 3.05) is 14.1 Å². The van der Waals surface area contributed by atoms with E-state index in [2.05, 4.69) is 25.6 Å². The first-order chi connectivity index (χ1) is 12.6. The van der Waals surface area contributed by atoms with E-state index in [9.17, 15) is 4.79 Å². The van der Waals surface area contributed by atoms with Gasteiger partial charge in [0.2, 0.25) is 0 Å². The van der Waals surface area contributed by atoms with Gasteiger partial charge in [-0.25, -0.2) is 0 Å². The van der Waals surface area contributed by atoms with Gasteiger partial charge in [-0.1, -0.05) is 75.1 Å². The number of rotatable bonds is 4. The SMILES string of the molecule is C=C1CC(OC(=O)C2(c3ccccc3)CCCCCC2)C1CC.C[NH2+]C. The fourth-order valence-corrected chi connectivity index (χ4v) is 4.28. The van der Waals surface area contributed by atoms with E-state index in [0.717, 1.165) is 44.1 Å². The molecule has 0 heterocycles. The van der Waals surface area contributed by atoms with E-state index < -0.39 is 5.41 Å². The molecule has 3 nitrogen and oxygen atoms in total. The molecule has 0 amide bonds. The van der Waals surface area contributed by atoms with Gasteiger partial charge in [0.15, 0.2) is 0 Å². The lowest BCUT2D eigenvalue weighted by Gasteiger charge is -2.41. The van der Waals surface area contributed by atoms with E-state index in [4.69, 9.17) is 4.74 Å². The van der Waals surface area contributed by atoms with Crippen molar-refractivity contribution >= 4 is 5.97 Å². The van der Waals surface area contributed by atoms with Gasteiger partial charge in [0.05, 0.1) is 19.5 Å². The molecule has 0 spiro atoms. The van der Waals surface area contributed by atoms with Crippen LogP contribution >= 0.6 is 0 Å². The Bertz CT molecular complexity index is 573. The standard InChI is InChI=1S/C21H28O2.C2H7N/c1-3-18-16(2)15-19(18)23-20(22)21(13-9-4-5-10-14-21)17-11-7-6-8-12-17;1-3-2/h6-8,11-12,18-19H,2-5,9-10,13-15H2,1H3;3H,1-2H3/p+1. The fraction of sp³-hybridized carbons (Fsp3) is 0.609. The summed E-state index contributed by atoms with van der Waals surface area (Å²) in [4.78, 5) is 13.2. The largest absolute Gasteiger partial charge is 0.461 e. The molecule has 2 atom stereocenters. The molecule has 1 aromatic rings. The van der Waals surface area contributed by atoms with Gasteiger partial charge in [-0.2, -0.15) is 0 Å². The van der Waals surface area contributed by atoms with Crippen LogP contribution in [0.4, 0.5) is 0 Å². The maximum absolute atomic E-state index is 13.2. The number of hydrogen-bond acceptors (Lipinski definition) is 2. The first-order valence-electron chi connectivity index (χ1n) is 10.3. The minimum Gasteiger partial charge on any atom is -0.461 e. The highest BCUT2D eigenvalue weighted by atomic mass is 16.5. The predicted molar refractivity (Wildman–Crippen MR) is 107 cm³/mol. The Morgan fingerprint density at radius 3 is 2.23 bits per heavy atom. The van der Waals surface area contributed by atoms with Crippen molar-refractivity contribution in [2.45, 2.75) is 69.8 Å². The van der Waals surface area contributed by atoms with Gasteiger partial charge < -0.3 is 10.1 Å². The second kappa shape index (κ2) is 9.91. The quantitative estimate of drug-likeness (QED) is 0.502. The molecule has 0 aliphatic heterocycles.